The van der Waals surface area contributed by atoms with E-state index >= 15 is 0 Å². The molecule has 0 saturated heterocycles. The van der Waals surface area contributed by atoms with Gasteiger partial charge in [0.1, 0.15) is 0 Å². The third kappa shape index (κ3) is 2.60. The Kier molecular flexibility index (Phi) is 3.07. The van der Waals surface area contributed by atoms with E-state index in [9.17, 15) is 0 Å². The molecule has 1 aromatic carbocycles. The van der Waals surface area contributed by atoms with E-state index in [-0.39, 0.29) is 0 Å². The molecule has 0 amide bonds. The predicted molar refractivity (Wildman–Crippen MR) is 63.4 cm³/mol. The summed E-state index contributed by atoms with van der Waals surface area (Å²) in [6.07, 6.45) is 5.80. The van der Waals surface area contributed by atoms with Crippen LogP contribution in [0.25, 0.3) is 0 Å². The fourth-order valence-corrected chi connectivity index (χ4v) is 1.89. The molecule has 0 saturated carbocycles. The van der Waals surface area contributed by atoms with Crippen LogP contribution >= 0.6 is 0 Å². The van der Waals surface area contributed by atoms with Crippen molar-refractivity contribution in [2.24, 2.45) is 0 Å². The van der Waals surface area contributed by atoms with E-state index in [1.165, 1.54) is 5.56 Å². The first kappa shape index (κ1) is 10.2. The van der Waals surface area contributed by atoms with Crippen LogP contribution in [0.15, 0.2) is 42.6 Å². The topological polar surface area (TPSA) is 15.3 Å². The highest BCUT2D eigenvalue weighted by Gasteiger charge is 2.17. The van der Waals surface area contributed by atoms with Crippen LogP contribution in [-0.4, -0.2) is 24.2 Å². The standard InChI is InChI=1S/C13H18N2/c1-11-8-9-15(2)13(14-11)10-12-6-4-3-5-7-12/h3-9,11,13-14H,10H2,1-2H3. The molecular formula is C13H18N2. The molecule has 0 aromatic heterocycles. The Hall–Kier alpha value is -1.28. The SMILES string of the molecule is CC1C=CN(C)C(Cc2ccccc2)N1. The maximum absolute atomic E-state index is 3.55. The number of hydrogen-bond donors (Lipinski definition) is 1. The highest BCUT2D eigenvalue weighted by Crippen LogP contribution is 2.10. The van der Waals surface area contributed by atoms with Gasteiger partial charge in [-0.3, -0.25) is 5.32 Å². The van der Waals surface area contributed by atoms with Crippen LogP contribution in [0.2, 0.25) is 0 Å². The molecule has 1 aliphatic rings. The van der Waals surface area contributed by atoms with E-state index < -0.39 is 0 Å². The predicted octanol–water partition coefficient (Wildman–Crippen LogP) is 1.99. The van der Waals surface area contributed by atoms with Crippen molar-refractivity contribution in [3.05, 3.63) is 48.2 Å². The van der Waals surface area contributed by atoms with E-state index in [1.807, 2.05) is 0 Å². The Morgan fingerprint density at radius 1 is 1.27 bits per heavy atom. The fourth-order valence-electron chi connectivity index (χ4n) is 1.89. The molecule has 1 aliphatic heterocycles. The normalized spacial score (nSPS) is 25.6. The average molecular weight is 202 g/mol. The molecule has 0 spiro atoms. The first-order chi connectivity index (χ1) is 7.25. The molecule has 1 heterocycles. The molecule has 0 bridgehead atoms. The first-order valence-corrected chi connectivity index (χ1v) is 5.46. The maximum Gasteiger partial charge on any atom is 0.0832 e. The zero-order chi connectivity index (χ0) is 10.7. The summed E-state index contributed by atoms with van der Waals surface area (Å²) in [7, 11) is 2.11. The second-order valence-electron chi connectivity index (χ2n) is 4.17. The number of rotatable bonds is 2. The molecule has 2 atom stereocenters. The van der Waals surface area contributed by atoms with Gasteiger partial charge in [0, 0.05) is 19.5 Å². The van der Waals surface area contributed by atoms with Gasteiger partial charge in [-0.2, -0.15) is 0 Å². The van der Waals surface area contributed by atoms with E-state index in [1.54, 1.807) is 0 Å². The third-order valence-electron chi connectivity index (χ3n) is 2.83. The highest BCUT2D eigenvalue weighted by atomic mass is 15.3. The van der Waals surface area contributed by atoms with Gasteiger partial charge in [0.05, 0.1) is 6.17 Å². The molecule has 1 aromatic rings. The fraction of sp³-hybridized carbons (Fsp3) is 0.385. The number of likely N-dealkylation sites (N-methyl/N-ethyl adjacent to an activating group) is 1. The van der Waals surface area contributed by atoms with Gasteiger partial charge in [0.2, 0.25) is 0 Å². The van der Waals surface area contributed by atoms with E-state index in [0.717, 1.165) is 6.42 Å². The summed E-state index contributed by atoms with van der Waals surface area (Å²) in [5.41, 5.74) is 1.38. The van der Waals surface area contributed by atoms with Crippen LogP contribution in [0.4, 0.5) is 0 Å². The molecule has 15 heavy (non-hydrogen) atoms. The smallest absolute Gasteiger partial charge is 0.0832 e. The second kappa shape index (κ2) is 4.49. The van der Waals surface area contributed by atoms with Gasteiger partial charge >= 0.3 is 0 Å². The van der Waals surface area contributed by atoms with Crippen molar-refractivity contribution in [1.82, 2.24) is 10.2 Å². The Bertz CT molecular complexity index is 332. The molecule has 2 unspecified atom stereocenters. The maximum atomic E-state index is 3.55. The quantitative estimate of drug-likeness (QED) is 0.789. The Morgan fingerprint density at radius 2 is 2.00 bits per heavy atom. The molecule has 0 radical (unpaired) electrons. The summed E-state index contributed by atoms with van der Waals surface area (Å²) in [5, 5.41) is 3.55. The van der Waals surface area contributed by atoms with Gasteiger partial charge in [0.25, 0.3) is 0 Å². The second-order valence-corrected chi connectivity index (χ2v) is 4.17. The zero-order valence-corrected chi connectivity index (χ0v) is 9.35. The van der Waals surface area contributed by atoms with Crippen LogP contribution in [0, 0.1) is 0 Å². The van der Waals surface area contributed by atoms with Gasteiger partial charge in [-0.15, -0.1) is 0 Å². The van der Waals surface area contributed by atoms with Crippen LogP contribution in [-0.2, 0) is 6.42 Å². The molecule has 1 N–H and O–H groups in total. The van der Waals surface area contributed by atoms with Crippen LogP contribution in [0.5, 0.6) is 0 Å². The molecule has 0 fully saturated rings. The van der Waals surface area contributed by atoms with E-state index in [4.69, 9.17) is 0 Å². The number of nitrogens with one attached hydrogen (secondary N) is 1. The van der Waals surface area contributed by atoms with Gasteiger partial charge in [-0.1, -0.05) is 36.4 Å². The van der Waals surface area contributed by atoms with Crippen molar-refractivity contribution in [2.75, 3.05) is 7.05 Å². The van der Waals surface area contributed by atoms with Crippen molar-refractivity contribution in [2.45, 2.75) is 25.6 Å². The summed E-state index contributed by atoms with van der Waals surface area (Å²) >= 11 is 0. The summed E-state index contributed by atoms with van der Waals surface area (Å²) in [4.78, 5) is 2.23. The number of benzene rings is 1. The van der Waals surface area contributed by atoms with Gasteiger partial charge in [0.15, 0.2) is 0 Å². The molecule has 2 rings (SSSR count). The van der Waals surface area contributed by atoms with Crippen molar-refractivity contribution in [3.8, 4) is 0 Å². The third-order valence-corrected chi connectivity index (χ3v) is 2.83. The summed E-state index contributed by atoms with van der Waals surface area (Å²) in [5.74, 6) is 0. The first-order valence-electron chi connectivity index (χ1n) is 5.46. The Morgan fingerprint density at radius 3 is 2.73 bits per heavy atom. The van der Waals surface area contributed by atoms with E-state index in [0.29, 0.717) is 12.2 Å². The summed E-state index contributed by atoms with van der Waals surface area (Å²) < 4.78 is 0. The minimum Gasteiger partial charge on any atom is -0.365 e. The molecular weight excluding hydrogens is 184 g/mol. The van der Waals surface area contributed by atoms with Crippen LogP contribution in [0.1, 0.15) is 12.5 Å². The van der Waals surface area contributed by atoms with Crippen LogP contribution < -0.4 is 5.32 Å². The Balaban J connectivity index is 2.03. The van der Waals surface area contributed by atoms with E-state index in [2.05, 4.69) is 66.8 Å². The number of nitrogens with zero attached hydrogens (tertiary/aromatic N) is 1. The van der Waals surface area contributed by atoms with Crippen molar-refractivity contribution in [3.63, 3.8) is 0 Å². The van der Waals surface area contributed by atoms with Gasteiger partial charge in [-0.25, -0.2) is 0 Å². The lowest BCUT2D eigenvalue weighted by molar-refractivity contribution is 0.245. The monoisotopic (exact) mass is 202 g/mol. The van der Waals surface area contributed by atoms with Crippen LogP contribution in [0.3, 0.4) is 0 Å². The molecule has 2 heteroatoms. The van der Waals surface area contributed by atoms with Gasteiger partial charge < -0.3 is 4.90 Å². The molecule has 0 aliphatic carbocycles. The zero-order valence-electron chi connectivity index (χ0n) is 9.35. The summed E-state index contributed by atoms with van der Waals surface area (Å²) in [6, 6.07) is 11.1. The van der Waals surface area contributed by atoms with Crippen molar-refractivity contribution < 1.29 is 0 Å². The molecule has 2 nitrogen and oxygen atoms in total. The van der Waals surface area contributed by atoms with Crippen molar-refractivity contribution >= 4 is 0 Å². The lowest BCUT2D eigenvalue weighted by Gasteiger charge is -2.34. The largest absolute Gasteiger partial charge is 0.365 e. The molecule has 80 valence electrons. The van der Waals surface area contributed by atoms with Gasteiger partial charge in [-0.05, 0) is 18.7 Å². The minimum atomic E-state index is 0.410. The average Bonchev–Trinajstić information content (AvgIpc) is 2.25. The minimum absolute atomic E-state index is 0.410. The lowest BCUT2D eigenvalue weighted by Crippen LogP contribution is -2.49. The lowest BCUT2D eigenvalue weighted by atomic mass is 10.1. The number of hydrogen-bond acceptors (Lipinski definition) is 2. The highest BCUT2D eigenvalue weighted by molar-refractivity contribution is 5.16. The summed E-state index contributed by atoms with van der Waals surface area (Å²) in [6.45, 7) is 2.18. The Labute approximate surface area is 91.6 Å². The van der Waals surface area contributed by atoms with Crippen molar-refractivity contribution in [1.29, 1.82) is 0 Å².